The van der Waals surface area contributed by atoms with Gasteiger partial charge in [-0.1, -0.05) is 44.7 Å². The summed E-state index contributed by atoms with van der Waals surface area (Å²) in [4.78, 5) is 23.8. The van der Waals surface area contributed by atoms with Crippen LogP contribution in [-0.2, 0) is 16.0 Å². The summed E-state index contributed by atoms with van der Waals surface area (Å²) in [6.45, 7) is 7.69. The van der Waals surface area contributed by atoms with E-state index < -0.39 is 0 Å². The van der Waals surface area contributed by atoms with Gasteiger partial charge in [0.05, 0.1) is 31.3 Å². The molecule has 2 saturated carbocycles. The lowest BCUT2D eigenvalue weighted by atomic mass is 9.72. The Bertz CT molecular complexity index is 1370. The van der Waals surface area contributed by atoms with E-state index in [1.54, 1.807) is 6.07 Å². The highest BCUT2D eigenvalue weighted by molar-refractivity contribution is 8.00. The Morgan fingerprint density at radius 3 is 2.67 bits per heavy atom. The number of halogens is 1. The zero-order valence-electron chi connectivity index (χ0n) is 29.5. The van der Waals surface area contributed by atoms with Gasteiger partial charge in [-0.15, -0.1) is 11.8 Å². The minimum absolute atomic E-state index is 0.0643. The Kier molecular flexibility index (Phi) is 11.4. The van der Waals surface area contributed by atoms with Gasteiger partial charge in [0.15, 0.2) is 6.35 Å². The minimum Gasteiger partial charge on any atom is -0.348 e. The first-order chi connectivity index (χ1) is 23.9. The van der Waals surface area contributed by atoms with Gasteiger partial charge in [-0.05, 0) is 89.6 Å². The molecule has 5 fully saturated rings. The maximum absolute atomic E-state index is 14.8. The molecule has 1 spiro atoms. The van der Waals surface area contributed by atoms with E-state index in [0.29, 0.717) is 44.1 Å². The van der Waals surface area contributed by atoms with Crippen molar-refractivity contribution in [3.63, 3.8) is 0 Å². The number of nitriles is 1. The highest BCUT2D eigenvalue weighted by atomic mass is 32.2. The van der Waals surface area contributed by atoms with E-state index in [2.05, 4.69) is 45.8 Å². The number of amides is 1. The average Bonchev–Trinajstić information content (AvgIpc) is 3.50. The van der Waals surface area contributed by atoms with Gasteiger partial charge in [-0.25, -0.2) is 9.29 Å². The quantitative estimate of drug-likeness (QED) is 0.343. The molecule has 1 aromatic carbocycles. The molecule has 10 heteroatoms. The number of carbonyl (C=O) groups excluding carboxylic acids is 1. The maximum atomic E-state index is 14.8. The fourth-order valence-corrected chi connectivity index (χ4v) is 11.8. The summed E-state index contributed by atoms with van der Waals surface area (Å²) in [5.41, 5.74) is 0.891. The summed E-state index contributed by atoms with van der Waals surface area (Å²) in [5, 5.41) is 14.0. The number of benzene rings is 1. The van der Waals surface area contributed by atoms with Crippen molar-refractivity contribution in [1.82, 2.24) is 24.9 Å². The Morgan fingerprint density at radius 2 is 1.92 bits per heavy atom. The fraction of sp³-hybridized carbons (Fsp3) is 0.744. The summed E-state index contributed by atoms with van der Waals surface area (Å²) in [5.74, 6) is 0.252. The number of likely N-dealkylation sites (N-methyl/N-ethyl adjacent to an activating group) is 1. The molecule has 268 valence electrons. The van der Waals surface area contributed by atoms with Crippen molar-refractivity contribution in [2.24, 2.45) is 5.92 Å². The van der Waals surface area contributed by atoms with Gasteiger partial charge in [0, 0.05) is 58.9 Å². The summed E-state index contributed by atoms with van der Waals surface area (Å²) in [6, 6.07) is 8.95. The van der Waals surface area contributed by atoms with Crippen molar-refractivity contribution in [3.05, 3.63) is 42.2 Å². The average molecular weight is 693 g/mol. The van der Waals surface area contributed by atoms with E-state index in [1.807, 2.05) is 22.7 Å². The standard InChI is InChI=1S/C39H57FN6O2S/c1-3-36(47)45-24-23-44(26-29(45)18-21-41)37-32-17-20-39(19-16-31-33(40)14-9-15-35(31)49-39)25-34(32)42-38(48-27-30-13-10-22-43(30)2)46(37)28-11-7-5-4-6-8-12-28/h3,9,14-15,28-30,32,34,37-38,42H,1,4-8,10-13,16-20,22-27H2,2H3/t29?,30?,32?,34?,37?,38?,39-/m0/s1. The van der Waals surface area contributed by atoms with Crippen molar-refractivity contribution >= 4 is 17.7 Å². The first-order valence-electron chi connectivity index (χ1n) is 19.3. The molecule has 4 heterocycles. The number of thioether (sulfide) groups is 1. The van der Waals surface area contributed by atoms with E-state index in [0.717, 1.165) is 55.7 Å². The van der Waals surface area contributed by atoms with E-state index in [9.17, 15) is 14.4 Å². The Morgan fingerprint density at radius 1 is 1.10 bits per heavy atom. The smallest absolute Gasteiger partial charge is 0.246 e. The van der Waals surface area contributed by atoms with Gasteiger partial charge >= 0.3 is 0 Å². The van der Waals surface area contributed by atoms with Crippen molar-refractivity contribution < 1.29 is 13.9 Å². The maximum Gasteiger partial charge on any atom is 0.246 e. The summed E-state index contributed by atoms with van der Waals surface area (Å²) >= 11 is 1.92. The molecule has 4 aliphatic heterocycles. The number of likely N-dealkylation sites (tertiary alicyclic amines) is 1. The van der Waals surface area contributed by atoms with Crippen molar-refractivity contribution in [2.75, 3.05) is 39.8 Å². The van der Waals surface area contributed by atoms with Gasteiger partial charge in [0.25, 0.3) is 0 Å². The number of rotatable bonds is 7. The molecule has 1 N–H and O–H groups in total. The molecule has 8 nitrogen and oxygen atoms in total. The number of hydrogen-bond acceptors (Lipinski definition) is 8. The predicted octanol–water partition coefficient (Wildman–Crippen LogP) is 6.12. The van der Waals surface area contributed by atoms with Crippen LogP contribution in [0.5, 0.6) is 0 Å². The van der Waals surface area contributed by atoms with Crippen molar-refractivity contribution in [2.45, 2.75) is 143 Å². The lowest BCUT2D eigenvalue weighted by Crippen LogP contribution is -2.75. The molecular weight excluding hydrogens is 636 g/mol. The first kappa shape index (κ1) is 35.4. The highest BCUT2D eigenvalue weighted by Gasteiger charge is 2.54. The highest BCUT2D eigenvalue weighted by Crippen LogP contribution is 2.54. The number of hydrogen-bond donors (Lipinski definition) is 1. The van der Waals surface area contributed by atoms with Crippen LogP contribution in [0, 0.1) is 23.1 Å². The van der Waals surface area contributed by atoms with Gasteiger partial charge in [-0.3, -0.25) is 15.0 Å². The third-order valence-corrected chi connectivity index (χ3v) is 14.5. The molecule has 0 bridgehead atoms. The van der Waals surface area contributed by atoms with E-state index in [1.165, 1.54) is 63.9 Å². The summed E-state index contributed by atoms with van der Waals surface area (Å²) < 4.78 is 22.0. The first-order valence-corrected chi connectivity index (χ1v) is 20.1. The summed E-state index contributed by atoms with van der Waals surface area (Å²) in [6.07, 6.45) is 17.9. The van der Waals surface area contributed by atoms with Crippen molar-refractivity contribution in [3.8, 4) is 6.07 Å². The molecule has 0 radical (unpaired) electrons. The minimum atomic E-state index is -0.194. The molecule has 7 atom stereocenters. The number of piperazine rings is 1. The number of carbonyl (C=O) groups is 1. The summed E-state index contributed by atoms with van der Waals surface area (Å²) in [7, 11) is 2.23. The topological polar surface area (TPSA) is 75.1 Å². The van der Waals surface area contributed by atoms with E-state index >= 15 is 0 Å². The van der Waals surface area contributed by atoms with Crippen LogP contribution < -0.4 is 5.32 Å². The molecule has 6 aliphatic rings. The Balaban J connectivity index is 1.22. The predicted molar refractivity (Wildman–Crippen MR) is 192 cm³/mol. The molecule has 3 saturated heterocycles. The van der Waals surface area contributed by atoms with Crippen LogP contribution in [0.1, 0.15) is 95.5 Å². The second kappa shape index (κ2) is 15.7. The third-order valence-electron chi connectivity index (χ3n) is 12.9. The van der Waals surface area contributed by atoms with Gasteiger partial charge in [0.2, 0.25) is 5.91 Å². The van der Waals surface area contributed by atoms with Crippen LogP contribution in [0.3, 0.4) is 0 Å². The van der Waals surface area contributed by atoms with E-state index in [-0.39, 0.29) is 41.1 Å². The monoisotopic (exact) mass is 692 g/mol. The number of ether oxygens (including phenoxy) is 1. The van der Waals surface area contributed by atoms with Crippen LogP contribution in [0.4, 0.5) is 4.39 Å². The van der Waals surface area contributed by atoms with Crippen LogP contribution in [0.2, 0.25) is 0 Å². The SMILES string of the molecule is C=CC(=O)N1CCN(C2C3CC[C@@]4(CCc5c(F)cccc5S4)CC3NC(OCC3CCCN3C)N2C2CCCCCCC2)CC1CC#N. The fourth-order valence-electron chi connectivity index (χ4n) is 10.2. The lowest BCUT2D eigenvalue weighted by Gasteiger charge is -2.61. The van der Waals surface area contributed by atoms with Crippen LogP contribution in [-0.4, -0.2) is 107 Å². The zero-order valence-corrected chi connectivity index (χ0v) is 30.4. The zero-order chi connectivity index (χ0) is 34.0. The van der Waals surface area contributed by atoms with Crippen molar-refractivity contribution in [1.29, 1.82) is 5.26 Å². The third kappa shape index (κ3) is 7.50. The largest absolute Gasteiger partial charge is 0.348 e. The number of nitrogens with one attached hydrogen (secondary N) is 1. The Labute approximate surface area is 297 Å². The molecule has 2 aliphatic carbocycles. The second-order valence-corrected chi connectivity index (χ2v) is 17.3. The van der Waals surface area contributed by atoms with Gasteiger partial charge in [0.1, 0.15) is 5.82 Å². The van der Waals surface area contributed by atoms with Gasteiger partial charge < -0.3 is 14.5 Å². The Hall–Kier alpha value is -2.00. The van der Waals surface area contributed by atoms with Gasteiger partial charge in [-0.2, -0.15) is 5.26 Å². The molecule has 7 rings (SSSR count). The molecule has 1 amide bonds. The molecule has 6 unspecified atom stereocenters. The second-order valence-electron chi connectivity index (χ2n) is 15.8. The molecular formula is C39H57FN6O2S. The molecule has 1 aromatic rings. The van der Waals surface area contributed by atoms with Crippen LogP contribution in [0.25, 0.3) is 0 Å². The molecule has 49 heavy (non-hydrogen) atoms. The number of nitrogens with zero attached hydrogens (tertiary/aromatic N) is 5. The molecule has 0 aromatic heterocycles. The number of fused-ring (bicyclic) bond motifs is 2. The van der Waals surface area contributed by atoms with E-state index in [4.69, 9.17) is 4.74 Å². The van der Waals surface area contributed by atoms with Crippen LogP contribution in [0.15, 0.2) is 35.7 Å². The normalized spacial score (nSPS) is 35.2. The lowest BCUT2D eigenvalue weighted by molar-refractivity contribution is -0.215. The van der Waals surface area contributed by atoms with Crippen LogP contribution >= 0.6 is 11.8 Å².